The Morgan fingerprint density at radius 2 is 1.56 bits per heavy atom. The minimum absolute atomic E-state index is 0.0279. The van der Waals surface area contributed by atoms with Crippen molar-refractivity contribution in [1.82, 2.24) is 5.32 Å². The molecule has 0 atom stereocenters. The van der Waals surface area contributed by atoms with Crippen LogP contribution in [0.3, 0.4) is 0 Å². The van der Waals surface area contributed by atoms with Gasteiger partial charge in [0.1, 0.15) is 6.54 Å². The molecule has 0 saturated heterocycles. The van der Waals surface area contributed by atoms with Crippen molar-refractivity contribution in [2.24, 2.45) is 0 Å². The summed E-state index contributed by atoms with van der Waals surface area (Å²) in [6.07, 6.45) is 1.11. The molecule has 6 heteroatoms. The van der Waals surface area contributed by atoms with Gasteiger partial charge in [0.05, 0.1) is 11.9 Å². The van der Waals surface area contributed by atoms with E-state index < -0.39 is 10.0 Å². The van der Waals surface area contributed by atoms with Gasteiger partial charge in [0.2, 0.25) is 15.9 Å². The number of anilines is 1. The topological polar surface area (TPSA) is 66.5 Å². The summed E-state index contributed by atoms with van der Waals surface area (Å²) in [4.78, 5) is 12.3. The lowest BCUT2D eigenvalue weighted by Crippen LogP contribution is -2.40. The Kier molecular flexibility index (Phi) is 6.31. The summed E-state index contributed by atoms with van der Waals surface area (Å²) in [6, 6.07) is 15.1. The van der Waals surface area contributed by atoms with E-state index in [1.807, 2.05) is 43.3 Å². The summed E-state index contributed by atoms with van der Waals surface area (Å²) in [6.45, 7) is 8.38. The number of nitrogens with one attached hydrogen (secondary N) is 1. The largest absolute Gasteiger partial charge is 0.350 e. The fourth-order valence-electron chi connectivity index (χ4n) is 2.62. The number of aryl methyl sites for hydroxylation is 1. The maximum Gasteiger partial charge on any atom is 0.241 e. The summed E-state index contributed by atoms with van der Waals surface area (Å²) < 4.78 is 25.5. The molecule has 0 fully saturated rings. The zero-order valence-electron chi connectivity index (χ0n) is 16.6. The van der Waals surface area contributed by atoms with E-state index in [1.54, 1.807) is 12.1 Å². The number of rotatable bonds is 6. The Morgan fingerprint density at radius 1 is 1.00 bits per heavy atom. The molecule has 0 saturated carbocycles. The molecule has 5 nitrogen and oxygen atoms in total. The van der Waals surface area contributed by atoms with Crippen LogP contribution in [-0.2, 0) is 26.8 Å². The van der Waals surface area contributed by atoms with Crippen molar-refractivity contribution in [3.05, 3.63) is 65.2 Å². The van der Waals surface area contributed by atoms with Gasteiger partial charge in [-0.1, -0.05) is 62.7 Å². The molecule has 2 rings (SSSR count). The van der Waals surface area contributed by atoms with Gasteiger partial charge in [-0.15, -0.1) is 0 Å². The van der Waals surface area contributed by atoms with Crippen molar-refractivity contribution in [3.63, 3.8) is 0 Å². The normalized spacial score (nSPS) is 11.9. The predicted molar refractivity (Wildman–Crippen MR) is 110 cm³/mol. The maximum atomic E-state index is 12.3. The average molecular weight is 389 g/mol. The molecule has 0 aliphatic rings. The third-order valence-corrected chi connectivity index (χ3v) is 5.46. The monoisotopic (exact) mass is 388 g/mol. The van der Waals surface area contributed by atoms with Gasteiger partial charge in [-0.25, -0.2) is 8.42 Å². The Bertz CT molecular complexity index is 881. The van der Waals surface area contributed by atoms with E-state index in [-0.39, 0.29) is 17.9 Å². The van der Waals surface area contributed by atoms with E-state index in [0.717, 1.165) is 27.3 Å². The third-order valence-electron chi connectivity index (χ3n) is 4.32. The molecular weight excluding hydrogens is 360 g/mol. The third kappa shape index (κ3) is 6.10. The fraction of sp³-hybridized carbons (Fsp3) is 0.381. The quantitative estimate of drug-likeness (QED) is 0.825. The highest BCUT2D eigenvalue weighted by atomic mass is 32.2. The fourth-order valence-corrected chi connectivity index (χ4v) is 3.48. The number of carbonyl (C=O) groups excluding carboxylic acids is 1. The van der Waals surface area contributed by atoms with E-state index >= 15 is 0 Å². The highest BCUT2D eigenvalue weighted by molar-refractivity contribution is 7.92. The first-order chi connectivity index (χ1) is 12.5. The molecule has 0 spiro atoms. The van der Waals surface area contributed by atoms with Crippen molar-refractivity contribution in [2.75, 3.05) is 17.1 Å². The van der Waals surface area contributed by atoms with Gasteiger partial charge in [-0.3, -0.25) is 9.10 Å². The first kappa shape index (κ1) is 21.0. The summed E-state index contributed by atoms with van der Waals surface area (Å²) in [5, 5.41) is 2.78. The molecule has 0 bridgehead atoms. The Labute approximate surface area is 162 Å². The molecule has 1 amide bonds. The highest BCUT2D eigenvalue weighted by Gasteiger charge is 2.21. The van der Waals surface area contributed by atoms with Crippen LogP contribution in [0.15, 0.2) is 48.5 Å². The second-order valence-corrected chi connectivity index (χ2v) is 9.74. The highest BCUT2D eigenvalue weighted by Crippen LogP contribution is 2.25. The maximum absolute atomic E-state index is 12.3. The molecule has 146 valence electrons. The van der Waals surface area contributed by atoms with Crippen LogP contribution in [-0.4, -0.2) is 27.1 Å². The minimum atomic E-state index is -3.58. The Balaban J connectivity index is 2.10. The van der Waals surface area contributed by atoms with Crippen LogP contribution < -0.4 is 9.62 Å². The lowest BCUT2D eigenvalue weighted by Gasteiger charge is -2.24. The van der Waals surface area contributed by atoms with Crippen LogP contribution in [0.5, 0.6) is 0 Å². The molecule has 2 aromatic carbocycles. The van der Waals surface area contributed by atoms with E-state index in [1.165, 1.54) is 0 Å². The molecular formula is C21H28N2O3S. The average Bonchev–Trinajstić information content (AvgIpc) is 2.57. The smallest absolute Gasteiger partial charge is 0.241 e. The van der Waals surface area contributed by atoms with Crippen molar-refractivity contribution in [2.45, 2.75) is 39.7 Å². The molecule has 0 unspecified atom stereocenters. The number of amides is 1. The standard InChI is InChI=1S/C21H28N2O3S/c1-16-6-8-17(9-7-16)14-22-20(24)15-23(27(5,25)26)19-12-10-18(11-13-19)21(2,3)4/h6-13H,14-15H2,1-5H3,(H,22,24). The molecule has 0 radical (unpaired) electrons. The lowest BCUT2D eigenvalue weighted by atomic mass is 9.87. The zero-order valence-corrected chi connectivity index (χ0v) is 17.4. The predicted octanol–water partition coefficient (Wildman–Crippen LogP) is 3.37. The number of nitrogens with zero attached hydrogens (tertiary/aromatic N) is 1. The van der Waals surface area contributed by atoms with E-state index in [2.05, 4.69) is 26.1 Å². The molecule has 2 aromatic rings. The first-order valence-corrected chi connectivity index (χ1v) is 10.7. The number of benzene rings is 2. The summed E-state index contributed by atoms with van der Waals surface area (Å²) in [7, 11) is -3.58. The molecule has 0 heterocycles. The van der Waals surface area contributed by atoms with Crippen LogP contribution >= 0.6 is 0 Å². The van der Waals surface area contributed by atoms with Gasteiger partial charge in [0.25, 0.3) is 0 Å². The van der Waals surface area contributed by atoms with E-state index in [9.17, 15) is 13.2 Å². The van der Waals surface area contributed by atoms with Gasteiger partial charge < -0.3 is 5.32 Å². The first-order valence-electron chi connectivity index (χ1n) is 8.87. The van der Waals surface area contributed by atoms with Gasteiger partial charge in [0, 0.05) is 6.54 Å². The van der Waals surface area contributed by atoms with Crippen molar-refractivity contribution < 1.29 is 13.2 Å². The van der Waals surface area contributed by atoms with Crippen LogP contribution in [0.25, 0.3) is 0 Å². The second kappa shape index (κ2) is 8.13. The van der Waals surface area contributed by atoms with Crippen LogP contribution in [0.4, 0.5) is 5.69 Å². The van der Waals surface area contributed by atoms with Crippen LogP contribution in [0.2, 0.25) is 0 Å². The van der Waals surface area contributed by atoms with Crippen LogP contribution in [0, 0.1) is 6.92 Å². The van der Waals surface area contributed by atoms with Gasteiger partial charge in [-0.05, 0) is 35.6 Å². The Morgan fingerprint density at radius 3 is 2.04 bits per heavy atom. The molecule has 27 heavy (non-hydrogen) atoms. The summed E-state index contributed by atoms with van der Waals surface area (Å²) in [5.74, 6) is -0.346. The summed E-state index contributed by atoms with van der Waals surface area (Å²) in [5.41, 5.74) is 3.67. The minimum Gasteiger partial charge on any atom is -0.350 e. The SMILES string of the molecule is Cc1ccc(CNC(=O)CN(c2ccc(C(C)(C)C)cc2)S(C)(=O)=O)cc1. The second-order valence-electron chi connectivity index (χ2n) is 7.83. The van der Waals surface area contributed by atoms with Crippen molar-refractivity contribution >= 4 is 21.6 Å². The summed E-state index contributed by atoms with van der Waals surface area (Å²) >= 11 is 0. The zero-order chi connectivity index (χ0) is 20.2. The van der Waals surface area contributed by atoms with Crippen LogP contribution in [0.1, 0.15) is 37.5 Å². The van der Waals surface area contributed by atoms with Crippen molar-refractivity contribution in [3.8, 4) is 0 Å². The van der Waals surface area contributed by atoms with Gasteiger partial charge >= 0.3 is 0 Å². The molecule has 0 aromatic heterocycles. The Hall–Kier alpha value is -2.34. The van der Waals surface area contributed by atoms with E-state index in [4.69, 9.17) is 0 Å². The lowest BCUT2D eigenvalue weighted by molar-refractivity contribution is -0.119. The van der Waals surface area contributed by atoms with Gasteiger partial charge in [0.15, 0.2) is 0 Å². The molecule has 0 aliphatic carbocycles. The number of hydrogen-bond donors (Lipinski definition) is 1. The number of hydrogen-bond acceptors (Lipinski definition) is 3. The molecule has 1 N–H and O–H groups in total. The molecule has 0 aliphatic heterocycles. The number of sulfonamides is 1. The van der Waals surface area contributed by atoms with E-state index in [0.29, 0.717) is 12.2 Å². The number of carbonyl (C=O) groups is 1. The van der Waals surface area contributed by atoms with Crippen molar-refractivity contribution in [1.29, 1.82) is 0 Å². The van der Waals surface area contributed by atoms with Gasteiger partial charge in [-0.2, -0.15) is 0 Å².